The van der Waals surface area contributed by atoms with Crippen LogP contribution in [-0.2, 0) is 0 Å². The van der Waals surface area contributed by atoms with Crippen molar-refractivity contribution in [2.24, 2.45) is 5.92 Å². The van der Waals surface area contributed by atoms with Gasteiger partial charge < -0.3 is 5.32 Å². The highest BCUT2D eigenvalue weighted by molar-refractivity contribution is 9.10. The molecule has 18 heavy (non-hydrogen) atoms. The fraction of sp³-hybridized carbons (Fsp3) is 0.625. The number of hydrogen-bond acceptors (Lipinski definition) is 1. The van der Waals surface area contributed by atoms with E-state index >= 15 is 0 Å². The molecule has 102 valence electrons. The average molecular weight is 312 g/mol. The van der Waals surface area contributed by atoms with Crippen LogP contribution in [-0.4, -0.2) is 6.54 Å². The lowest BCUT2D eigenvalue weighted by molar-refractivity contribution is 0.435. The zero-order valence-electron chi connectivity index (χ0n) is 12.5. The van der Waals surface area contributed by atoms with Crippen molar-refractivity contribution >= 4 is 15.9 Å². The molecule has 0 aliphatic heterocycles. The Kier molecular flexibility index (Phi) is 5.87. The number of aryl methyl sites for hydroxylation is 2. The lowest BCUT2D eigenvalue weighted by atomic mass is 9.89. The van der Waals surface area contributed by atoms with Crippen LogP contribution in [0.15, 0.2) is 10.5 Å². The van der Waals surface area contributed by atoms with E-state index < -0.39 is 0 Å². The molecule has 0 heterocycles. The lowest BCUT2D eigenvalue weighted by Crippen LogP contribution is -2.24. The third-order valence-electron chi connectivity index (χ3n) is 3.44. The third kappa shape index (κ3) is 3.58. The van der Waals surface area contributed by atoms with Gasteiger partial charge in [0.2, 0.25) is 0 Å². The van der Waals surface area contributed by atoms with E-state index in [0.717, 1.165) is 6.54 Å². The van der Waals surface area contributed by atoms with Gasteiger partial charge in [-0.2, -0.15) is 0 Å². The molecule has 0 radical (unpaired) electrons. The van der Waals surface area contributed by atoms with E-state index in [1.54, 1.807) is 0 Å². The molecule has 0 saturated heterocycles. The highest BCUT2D eigenvalue weighted by atomic mass is 79.9. The second-order valence-electron chi connectivity index (χ2n) is 5.60. The minimum absolute atomic E-state index is 0.465. The second kappa shape index (κ2) is 6.72. The number of nitrogens with one attached hydrogen (secondary N) is 1. The van der Waals surface area contributed by atoms with Crippen molar-refractivity contribution in [2.75, 3.05) is 6.54 Å². The highest BCUT2D eigenvalue weighted by Crippen LogP contribution is 2.33. The average Bonchev–Trinajstić information content (AvgIpc) is 2.25. The molecule has 1 unspecified atom stereocenters. The molecular formula is C16H26BrN. The molecule has 0 aromatic heterocycles. The lowest BCUT2D eigenvalue weighted by Gasteiger charge is -2.25. The van der Waals surface area contributed by atoms with Gasteiger partial charge in [-0.05, 0) is 61.9 Å². The van der Waals surface area contributed by atoms with Gasteiger partial charge in [-0.15, -0.1) is 0 Å². The summed E-state index contributed by atoms with van der Waals surface area (Å²) >= 11 is 3.72. The molecule has 1 aromatic rings. The van der Waals surface area contributed by atoms with Gasteiger partial charge in [0.05, 0.1) is 0 Å². The number of rotatable bonds is 5. The summed E-state index contributed by atoms with van der Waals surface area (Å²) in [5.74, 6) is 0.702. The quantitative estimate of drug-likeness (QED) is 0.800. The maximum absolute atomic E-state index is 3.72. The van der Waals surface area contributed by atoms with E-state index in [2.05, 4.69) is 68.9 Å². The van der Waals surface area contributed by atoms with Gasteiger partial charge in [0.15, 0.2) is 0 Å². The molecule has 1 atom stereocenters. The first kappa shape index (κ1) is 15.7. The molecule has 1 nitrogen and oxygen atoms in total. The Hall–Kier alpha value is -0.340. The van der Waals surface area contributed by atoms with Gasteiger partial charge in [-0.3, -0.25) is 0 Å². The van der Waals surface area contributed by atoms with Crippen molar-refractivity contribution in [3.63, 3.8) is 0 Å². The van der Waals surface area contributed by atoms with E-state index in [1.807, 2.05) is 0 Å². The van der Waals surface area contributed by atoms with Crippen LogP contribution in [0, 0.1) is 26.7 Å². The Morgan fingerprint density at radius 1 is 1.17 bits per heavy atom. The van der Waals surface area contributed by atoms with Crippen LogP contribution >= 0.6 is 15.9 Å². The molecular weight excluding hydrogens is 286 g/mol. The van der Waals surface area contributed by atoms with Crippen LogP contribution in [0.2, 0.25) is 0 Å². The summed E-state index contributed by atoms with van der Waals surface area (Å²) in [5, 5.41) is 3.64. The van der Waals surface area contributed by atoms with Crippen LogP contribution < -0.4 is 5.32 Å². The van der Waals surface area contributed by atoms with E-state index in [4.69, 9.17) is 0 Å². The Balaban J connectivity index is 3.22. The summed E-state index contributed by atoms with van der Waals surface area (Å²) in [7, 11) is 0. The molecule has 1 rings (SSSR count). The van der Waals surface area contributed by atoms with Crippen molar-refractivity contribution in [1.29, 1.82) is 0 Å². The van der Waals surface area contributed by atoms with E-state index in [9.17, 15) is 0 Å². The molecule has 0 amide bonds. The van der Waals surface area contributed by atoms with Gasteiger partial charge in [0.1, 0.15) is 0 Å². The summed E-state index contributed by atoms with van der Waals surface area (Å²) in [6.45, 7) is 14.4. The first-order chi connectivity index (χ1) is 8.38. The van der Waals surface area contributed by atoms with Crippen molar-refractivity contribution in [2.45, 2.75) is 54.0 Å². The number of hydrogen-bond donors (Lipinski definition) is 1. The third-order valence-corrected chi connectivity index (χ3v) is 4.66. The van der Waals surface area contributed by atoms with E-state index in [0.29, 0.717) is 12.0 Å². The van der Waals surface area contributed by atoms with Gasteiger partial charge in [0, 0.05) is 10.5 Å². The Morgan fingerprint density at radius 2 is 1.78 bits per heavy atom. The van der Waals surface area contributed by atoms with Crippen LogP contribution in [0.25, 0.3) is 0 Å². The molecule has 0 aliphatic carbocycles. The monoisotopic (exact) mass is 311 g/mol. The predicted octanol–water partition coefficient (Wildman–Crippen LogP) is 5.07. The molecule has 0 spiro atoms. The summed E-state index contributed by atoms with van der Waals surface area (Å²) in [6, 6.07) is 2.75. The summed E-state index contributed by atoms with van der Waals surface area (Å²) in [4.78, 5) is 0. The standard InChI is InChI=1S/C16H26BrN/c1-7-18-14(8-10(2)3)15-11(4)9-12(5)16(17)13(15)6/h9-10,14,18H,7-8H2,1-6H3. The minimum Gasteiger partial charge on any atom is -0.310 e. The van der Waals surface area contributed by atoms with Crippen molar-refractivity contribution in [1.82, 2.24) is 5.32 Å². The Labute approximate surface area is 120 Å². The SMILES string of the molecule is CCNC(CC(C)C)c1c(C)cc(C)c(Br)c1C. The summed E-state index contributed by atoms with van der Waals surface area (Å²) < 4.78 is 1.26. The summed E-state index contributed by atoms with van der Waals surface area (Å²) in [5.41, 5.74) is 5.59. The predicted molar refractivity (Wildman–Crippen MR) is 84.2 cm³/mol. The van der Waals surface area contributed by atoms with Crippen molar-refractivity contribution in [3.8, 4) is 0 Å². The second-order valence-corrected chi connectivity index (χ2v) is 6.40. The van der Waals surface area contributed by atoms with Crippen LogP contribution in [0.5, 0.6) is 0 Å². The molecule has 1 aromatic carbocycles. The maximum Gasteiger partial charge on any atom is 0.0328 e. The van der Waals surface area contributed by atoms with Crippen LogP contribution in [0.1, 0.15) is 55.5 Å². The molecule has 2 heteroatoms. The zero-order valence-corrected chi connectivity index (χ0v) is 14.1. The molecule has 0 aliphatic rings. The maximum atomic E-state index is 3.72. The highest BCUT2D eigenvalue weighted by Gasteiger charge is 2.19. The molecule has 0 bridgehead atoms. The normalized spacial score (nSPS) is 13.1. The van der Waals surface area contributed by atoms with Crippen LogP contribution in [0.3, 0.4) is 0 Å². The van der Waals surface area contributed by atoms with E-state index in [1.165, 1.54) is 33.1 Å². The Bertz CT molecular complexity index is 410. The van der Waals surface area contributed by atoms with Gasteiger partial charge >= 0.3 is 0 Å². The largest absolute Gasteiger partial charge is 0.310 e. The van der Waals surface area contributed by atoms with Gasteiger partial charge in [0.25, 0.3) is 0 Å². The zero-order chi connectivity index (χ0) is 13.9. The number of benzene rings is 1. The minimum atomic E-state index is 0.465. The first-order valence-corrected chi connectivity index (χ1v) is 7.67. The smallest absolute Gasteiger partial charge is 0.0328 e. The molecule has 0 saturated carbocycles. The topological polar surface area (TPSA) is 12.0 Å². The van der Waals surface area contributed by atoms with Gasteiger partial charge in [-0.1, -0.05) is 42.8 Å². The Morgan fingerprint density at radius 3 is 2.28 bits per heavy atom. The van der Waals surface area contributed by atoms with Gasteiger partial charge in [-0.25, -0.2) is 0 Å². The summed E-state index contributed by atoms with van der Waals surface area (Å²) in [6.07, 6.45) is 1.19. The first-order valence-electron chi connectivity index (χ1n) is 6.88. The molecule has 1 N–H and O–H groups in total. The molecule has 0 fully saturated rings. The van der Waals surface area contributed by atoms with Crippen molar-refractivity contribution < 1.29 is 0 Å². The van der Waals surface area contributed by atoms with Crippen LogP contribution in [0.4, 0.5) is 0 Å². The van der Waals surface area contributed by atoms with E-state index in [-0.39, 0.29) is 0 Å². The fourth-order valence-corrected chi connectivity index (χ4v) is 3.06. The van der Waals surface area contributed by atoms with Crippen molar-refractivity contribution in [3.05, 3.63) is 32.8 Å². The number of halogens is 1. The fourth-order valence-electron chi connectivity index (χ4n) is 2.73.